The third-order valence-corrected chi connectivity index (χ3v) is 40.2. The molecule has 0 bridgehead atoms. The number of carbonyl (C=O) groups excluding carboxylic acids is 6. The summed E-state index contributed by atoms with van der Waals surface area (Å²) in [5, 5.41) is 27.4. The number of aliphatic hydroxyl groups excluding tert-OH is 2. The number of hydrogen-bond acceptors (Lipinski definition) is 31. The third kappa shape index (κ3) is 51.4. The first kappa shape index (κ1) is 131. The fraction of sp³-hybridized carbons (Fsp3) is 0.566. The summed E-state index contributed by atoms with van der Waals surface area (Å²) in [7, 11) is -15.5. The van der Waals surface area contributed by atoms with E-state index in [0.29, 0.717) is 203 Å². The molecule has 1 saturated heterocycles. The van der Waals surface area contributed by atoms with E-state index in [9.17, 15) is 33.9 Å². The van der Waals surface area contributed by atoms with Crippen LogP contribution >= 0.6 is 11.6 Å². The van der Waals surface area contributed by atoms with E-state index in [1.54, 1.807) is 30.3 Å². The zero-order chi connectivity index (χ0) is 106. The Morgan fingerprint density at radius 2 is 0.653 bits per heavy atom. The molecule has 1 fully saturated rings. The molecule has 2 unspecified atom stereocenters. The van der Waals surface area contributed by atoms with Crippen LogP contribution in [0.3, 0.4) is 0 Å². The summed E-state index contributed by atoms with van der Waals surface area (Å²) in [4.78, 5) is 73.7. The highest BCUT2D eigenvalue weighted by molar-refractivity contribution is 6.62. The van der Waals surface area contributed by atoms with Gasteiger partial charge >= 0.3 is 64.8 Å². The summed E-state index contributed by atoms with van der Waals surface area (Å²) in [6.07, 6.45) is 6.45. The molecule has 0 aromatic heterocycles. The summed E-state index contributed by atoms with van der Waals surface area (Å²) in [5.41, 5.74) is 2.25. The van der Waals surface area contributed by atoms with Gasteiger partial charge in [0, 0.05) is 191 Å². The van der Waals surface area contributed by atoms with Crippen molar-refractivity contribution in [1.82, 2.24) is 0 Å². The molecule has 31 nitrogen and oxygen atoms in total. The molecular formula is C106H166ClNO30Si6. The minimum absolute atomic E-state index is 0.0105. The number of nitrogens with zero attached hydrogens (tertiary/aromatic N) is 1. The summed E-state index contributed by atoms with van der Waals surface area (Å²) in [6, 6.07) is 57.7. The highest BCUT2D eigenvalue weighted by Crippen LogP contribution is 2.29. The Kier molecular flexibility index (Phi) is 71.0. The highest BCUT2D eigenvalue weighted by Gasteiger charge is 2.45. The molecule has 2 N–H and O–H groups in total. The first-order chi connectivity index (χ1) is 69.8. The molecule has 0 aliphatic carbocycles. The van der Waals surface area contributed by atoms with E-state index < -0.39 is 71.5 Å². The van der Waals surface area contributed by atoms with E-state index in [2.05, 4.69) is 4.99 Å². The van der Waals surface area contributed by atoms with Gasteiger partial charge in [0.15, 0.2) is 24.0 Å². The zero-order valence-electron chi connectivity index (χ0n) is 88.8. The van der Waals surface area contributed by atoms with Gasteiger partial charge in [-0.3, -0.25) is 19.2 Å². The number of aliphatic imine (C=N–C) groups is 1. The van der Waals surface area contributed by atoms with Crippen LogP contribution in [-0.4, -0.2) is 282 Å². The topological polar surface area (TPSA) is 362 Å². The Morgan fingerprint density at radius 3 is 0.979 bits per heavy atom. The van der Waals surface area contributed by atoms with Crippen LogP contribution < -0.4 is 0 Å². The van der Waals surface area contributed by atoms with Gasteiger partial charge in [0.1, 0.15) is 19.8 Å². The van der Waals surface area contributed by atoms with Crippen molar-refractivity contribution >= 4 is 143 Å². The first-order valence-electron chi connectivity index (χ1n) is 51.2. The summed E-state index contributed by atoms with van der Waals surface area (Å²) < 4.78 is 125. The molecule has 0 saturated carbocycles. The van der Waals surface area contributed by atoms with Gasteiger partial charge in [-0.1, -0.05) is 140 Å². The van der Waals surface area contributed by atoms with Crippen LogP contribution in [0.1, 0.15) is 217 Å². The number of carbonyl (C=O) groups is 5. The van der Waals surface area contributed by atoms with Crippen LogP contribution in [0.15, 0.2) is 175 Å². The monoisotopic (exact) mass is 2140 g/mol. The number of alkyl halides is 1. The molecule has 8 aromatic rings. The van der Waals surface area contributed by atoms with Crippen molar-refractivity contribution in [3.8, 4) is 0 Å². The Morgan fingerprint density at radius 1 is 0.361 bits per heavy atom. The number of fused-ring (bicyclic) bond motifs is 4. The van der Waals surface area contributed by atoms with Gasteiger partial charge in [0.05, 0.1) is 30.9 Å². The highest BCUT2D eigenvalue weighted by atomic mass is 35.5. The van der Waals surface area contributed by atoms with Crippen LogP contribution in [0.25, 0.3) is 43.1 Å². The second-order valence-corrected chi connectivity index (χ2v) is 48.5. The molecule has 0 amide bonds. The van der Waals surface area contributed by atoms with Crippen molar-refractivity contribution in [2.24, 2.45) is 4.99 Å². The van der Waals surface area contributed by atoms with Gasteiger partial charge in [-0.05, 0) is 243 Å². The van der Waals surface area contributed by atoms with Crippen LogP contribution in [0.2, 0.25) is 36.3 Å². The van der Waals surface area contributed by atoms with Gasteiger partial charge in [-0.2, -0.15) is 0 Å². The number of unbranched alkanes of at least 4 members (excludes halogenated alkanes) is 1. The number of epoxide rings is 1. The SMILES string of the molecule is CCO[Si](CCC(O)COC(=O)c1ccc2ccccc2c1)(OCC)OCC.CCO[Si](CCC1CO1)(OCC)OCC.CCO[Si](CCCCC(=O)OCC(=O)c1ccc2ccccc2c1)(OCC)OCC.CCO[Si](CCCCl)(OCC)OCC.CCO[Si](CCCN=C=O)(OCC)OCC.CCO[Si](CCCOCC(=O)c1ccc2ccccc2c1)(OCC)OCC.O=C(CO)c1ccc2ccccc2c1. The lowest BCUT2D eigenvalue weighted by molar-refractivity contribution is -0.142. The van der Waals surface area contributed by atoms with Gasteiger partial charge in [0.25, 0.3) is 0 Å². The van der Waals surface area contributed by atoms with Crippen molar-refractivity contribution in [3.05, 3.63) is 192 Å². The van der Waals surface area contributed by atoms with E-state index in [-0.39, 0.29) is 49.6 Å². The summed E-state index contributed by atoms with van der Waals surface area (Å²) in [5.74, 6) is -0.653. The molecular weight excluding hydrogens is 1970 g/mol. The lowest BCUT2D eigenvalue weighted by Gasteiger charge is -2.29. The number of aliphatic hydroxyl groups is 2. The smallest absolute Gasteiger partial charge is 0.459 e. The number of rotatable bonds is 69. The minimum Gasteiger partial charge on any atom is -0.459 e. The maximum Gasteiger partial charge on any atom is 0.501 e. The normalized spacial score (nSPS) is 12.7. The van der Waals surface area contributed by atoms with Gasteiger partial charge in [-0.15, -0.1) is 11.6 Å². The van der Waals surface area contributed by atoms with Crippen molar-refractivity contribution in [3.63, 3.8) is 0 Å². The fourth-order valence-electron chi connectivity index (χ4n) is 15.0. The van der Waals surface area contributed by atoms with Crippen LogP contribution in [-0.2, 0) is 108 Å². The average molecular weight is 2140 g/mol. The number of benzene rings is 8. The predicted octanol–water partition coefficient (Wildman–Crippen LogP) is 21.3. The van der Waals surface area contributed by atoms with Crippen LogP contribution in [0.4, 0.5) is 0 Å². The van der Waals surface area contributed by atoms with E-state index >= 15 is 0 Å². The number of Topliss-reactive ketones (excluding diaryl/α,β-unsaturated/α-hetero) is 3. The molecule has 1 aliphatic heterocycles. The van der Waals surface area contributed by atoms with Crippen LogP contribution in [0, 0.1) is 0 Å². The Labute approximate surface area is 867 Å². The zero-order valence-corrected chi connectivity index (χ0v) is 95.5. The van der Waals surface area contributed by atoms with Gasteiger partial charge < -0.3 is 109 Å². The lowest BCUT2D eigenvalue weighted by atomic mass is 10.0. The summed E-state index contributed by atoms with van der Waals surface area (Å²) >= 11 is 5.66. The van der Waals surface area contributed by atoms with E-state index in [4.69, 9.17) is 115 Å². The molecule has 0 spiro atoms. The predicted molar refractivity (Wildman–Crippen MR) is 577 cm³/mol. The van der Waals surface area contributed by atoms with Gasteiger partial charge in [0.2, 0.25) is 6.08 Å². The largest absolute Gasteiger partial charge is 0.501 e. The first-order valence-corrected chi connectivity index (χ1v) is 63.3. The van der Waals surface area contributed by atoms with Gasteiger partial charge in [-0.25, -0.2) is 14.6 Å². The fourth-order valence-corrected chi connectivity index (χ4v) is 31.2. The minimum atomic E-state index is -2.81. The van der Waals surface area contributed by atoms with Crippen molar-refractivity contribution < 1.29 is 138 Å². The molecule has 2 atom stereocenters. The molecule has 9 rings (SSSR count). The van der Waals surface area contributed by atoms with E-state index in [1.807, 2.05) is 264 Å². The molecule has 1 aliphatic rings. The average Bonchev–Trinajstić information content (AvgIpc) is 0.919. The van der Waals surface area contributed by atoms with Crippen LogP contribution in [0.5, 0.6) is 0 Å². The van der Waals surface area contributed by atoms with E-state index in [1.165, 1.54) is 6.08 Å². The maximum atomic E-state index is 12.4. The molecule has 38 heteroatoms. The summed E-state index contributed by atoms with van der Waals surface area (Å²) in [6.45, 7) is 46.3. The van der Waals surface area contributed by atoms with Crippen molar-refractivity contribution in [1.29, 1.82) is 0 Å². The number of ether oxygens (including phenoxy) is 4. The lowest BCUT2D eigenvalue weighted by Crippen LogP contribution is -2.46. The number of hydrogen-bond donors (Lipinski definition) is 2. The second kappa shape index (κ2) is 78.1. The Bertz CT molecular complexity index is 4750. The quantitative estimate of drug-likeness (QED) is 0.00522. The molecule has 0 radical (unpaired) electrons. The Balaban J connectivity index is 0.000000442. The molecule has 1 heterocycles. The van der Waals surface area contributed by atoms with E-state index in [0.717, 1.165) is 93.9 Å². The molecule has 144 heavy (non-hydrogen) atoms. The Hall–Kier alpha value is -7.16. The number of esters is 2. The standard InChI is InChI=1S/C23H32O6Si.C21H30O6Si.C21H30O5Si.C12H10O2.C10H21NO4Si.C10H22O4Si.C9H21ClO3Si/c1-4-27-30(28-5-2,29-6-3)16-10-9-13-23(25)26-18-22(24)21-15-14-19-11-7-8-12-20(19)17-21;1-4-25-28(26-5-2,27-6-3)14-13-20(22)16-24-21(23)19-12-11-17-9-7-8-10-18(17)15-19;1-4-24-27(25-5-2,26-6-3)15-9-14-23-17-21(22)20-13-12-18-10-7-8-11-19(18)16-20;13-8-12(14)11-6-5-9-3-1-2-4-10(9)7-11;1-4-13-16(14-5-2,15-6-3)9-7-8-11-10-12;1-4-12-15(13-5-2,14-6-3)8-7-10-9-11-10;1-4-11-14(12-5-2,13-6-3)9-7-8-10/h7-8,11-12,14-15,17H,4-6,9-10,13,16,18H2,1-3H3;7-12,15,20,22H,4-6,13-14,16H2,1-3H3;7-8,10-13,16H,4-6,9,14-15,17H2,1-3H3;1-7,13H,8H2;4-9H2,1-3H3;10H,4-9H2,1-3H3;4-9H2,1-3H3. The second-order valence-electron chi connectivity index (χ2n) is 31.7. The number of isocyanates is 1. The number of halogens is 1. The third-order valence-electron chi connectivity index (χ3n) is 21.2. The number of ketones is 3. The van der Waals surface area contributed by atoms with Crippen molar-refractivity contribution in [2.45, 2.75) is 224 Å². The maximum absolute atomic E-state index is 12.4. The molecule has 806 valence electrons. The molecule has 8 aromatic carbocycles. The van der Waals surface area contributed by atoms with Crippen molar-refractivity contribution in [2.75, 3.05) is 171 Å².